The van der Waals surface area contributed by atoms with E-state index in [0.29, 0.717) is 6.04 Å². The molecule has 0 aromatic heterocycles. The van der Waals surface area contributed by atoms with Gasteiger partial charge in [-0.1, -0.05) is 60.7 Å². The summed E-state index contributed by atoms with van der Waals surface area (Å²) in [5.74, 6) is 0. The van der Waals surface area contributed by atoms with Crippen molar-refractivity contribution in [3.63, 3.8) is 0 Å². The molecular formula is C17H19N. The number of nitrogens with one attached hydrogen (secondary N) is 1. The zero-order chi connectivity index (χ0) is 12.4. The molecule has 2 aromatic rings. The fourth-order valence-electron chi connectivity index (χ4n) is 2.92. The van der Waals surface area contributed by atoms with Crippen LogP contribution in [0.1, 0.15) is 24.5 Å². The van der Waals surface area contributed by atoms with E-state index in [4.69, 9.17) is 0 Å². The number of hydrogen-bond acceptors (Lipinski definition) is 1. The maximum Gasteiger partial charge on any atom is 0.0328 e. The molecular weight excluding hydrogens is 218 g/mol. The highest BCUT2D eigenvalue weighted by atomic mass is 15.0. The summed E-state index contributed by atoms with van der Waals surface area (Å²) in [4.78, 5) is 0. The van der Waals surface area contributed by atoms with Crippen molar-refractivity contribution >= 4 is 0 Å². The van der Waals surface area contributed by atoms with Gasteiger partial charge in [0, 0.05) is 11.5 Å². The van der Waals surface area contributed by atoms with E-state index in [1.807, 2.05) is 0 Å². The van der Waals surface area contributed by atoms with Gasteiger partial charge in [0.1, 0.15) is 0 Å². The van der Waals surface area contributed by atoms with E-state index in [1.54, 1.807) is 0 Å². The minimum atomic E-state index is 0.0702. The highest BCUT2D eigenvalue weighted by Crippen LogP contribution is 2.38. The first-order chi connectivity index (χ1) is 8.82. The molecule has 1 saturated heterocycles. The summed E-state index contributed by atoms with van der Waals surface area (Å²) in [6.07, 6.45) is 1.25. The highest BCUT2D eigenvalue weighted by Gasteiger charge is 2.40. The van der Waals surface area contributed by atoms with Crippen LogP contribution < -0.4 is 5.32 Å². The van der Waals surface area contributed by atoms with E-state index in [2.05, 4.69) is 72.9 Å². The molecule has 0 radical (unpaired) electrons. The fraction of sp³-hybridized carbons (Fsp3) is 0.294. The fourth-order valence-corrected chi connectivity index (χ4v) is 2.92. The summed E-state index contributed by atoms with van der Waals surface area (Å²) in [5.41, 5.74) is 2.86. The molecule has 0 aliphatic carbocycles. The monoisotopic (exact) mass is 237 g/mol. The van der Waals surface area contributed by atoms with Crippen LogP contribution in [0.25, 0.3) is 0 Å². The lowest BCUT2D eigenvalue weighted by Gasteiger charge is -2.44. The predicted octanol–water partition coefficient (Wildman–Crippen LogP) is 3.35. The van der Waals surface area contributed by atoms with Crippen molar-refractivity contribution in [2.75, 3.05) is 6.54 Å². The molecule has 1 fully saturated rings. The van der Waals surface area contributed by atoms with Gasteiger partial charge in [0.15, 0.2) is 0 Å². The average Bonchev–Trinajstić information content (AvgIpc) is 2.38. The van der Waals surface area contributed by atoms with Crippen molar-refractivity contribution in [3.8, 4) is 0 Å². The molecule has 0 spiro atoms. The zero-order valence-electron chi connectivity index (χ0n) is 10.8. The van der Waals surface area contributed by atoms with Crippen LogP contribution in [0.5, 0.6) is 0 Å². The molecule has 18 heavy (non-hydrogen) atoms. The van der Waals surface area contributed by atoms with Gasteiger partial charge >= 0.3 is 0 Å². The first-order valence-electron chi connectivity index (χ1n) is 6.66. The van der Waals surface area contributed by atoms with Gasteiger partial charge in [0.05, 0.1) is 0 Å². The van der Waals surface area contributed by atoms with Crippen LogP contribution >= 0.6 is 0 Å². The SMILES string of the molecule is CC(c1ccccc1)(c1ccccc1)[C@H]1CCN1. The highest BCUT2D eigenvalue weighted by molar-refractivity contribution is 5.41. The molecule has 0 bridgehead atoms. The minimum Gasteiger partial charge on any atom is -0.313 e. The Morgan fingerprint density at radius 2 is 1.33 bits per heavy atom. The Labute approximate surface area is 109 Å². The van der Waals surface area contributed by atoms with Crippen molar-refractivity contribution in [1.82, 2.24) is 5.32 Å². The zero-order valence-corrected chi connectivity index (χ0v) is 10.8. The molecule has 2 aromatic carbocycles. The van der Waals surface area contributed by atoms with Crippen LogP contribution in [-0.2, 0) is 5.41 Å². The Morgan fingerprint density at radius 1 is 0.889 bits per heavy atom. The third kappa shape index (κ3) is 1.75. The lowest BCUT2D eigenvalue weighted by atomic mass is 9.67. The van der Waals surface area contributed by atoms with Crippen molar-refractivity contribution in [2.45, 2.75) is 24.8 Å². The molecule has 92 valence electrons. The van der Waals surface area contributed by atoms with E-state index < -0.39 is 0 Å². The maximum absolute atomic E-state index is 3.58. The second-order valence-electron chi connectivity index (χ2n) is 5.23. The van der Waals surface area contributed by atoms with E-state index in [0.717, 1.165) is 6.54 Å². The number of benzene rings is 2. The van der Waals surface area contributed by atoms with Crippen molar-refractivity contribution in [3.05, 3.63) is 71.8 Å². The molecule has 3 rings (SSSR count). The van der Waals surface area contributed by atoms with Gasteiger partial charge in [-0.05, 0) is 31.0 Å². The summed E-state index contributed by atoms with van der Waals surface area (Å²) >= 11 is 0. The largest absolute Gasteiger partial charge is 0.313 e. The number of rotatable bonds is 3. The van der Waals surface area contributed by atoms with Gasteiger partial charge < -0.3 is 5.32 Å². The van der Waals surface area contributed by atoms with Gasteiger partial charge in [-0.15, -0.1) is 0 Å². The van der Waals surface area contributed by atoms with Crippen LogP contribution in [0.15, 0.2) is 60.7 Å². The Balaban J connectivity index is 2.10. The number of hydrogen-bond donors (Lipinski definition) is 1. The quantitative estimate of drug-likeness (QED) is 0.863. The average molecular weight is 237 g/mol. The minimum absolute atomic E-state index is 0.0702. The molecule has 1 N–H and O–H groups in total. The summed E-state index contributed by atoms with van der Waals surface area (Å²) in [6.45, 7) is 3.49. The molecule has 1 aliphatic rings. The molecule has 1 nitrogen and oxygen atoms in total. The van der Waals surface area contributed by atoms with E-state index in [9.17, 15) is 0 Å². The van der Waals surface area contributed by atoms with Gasteiger partial charge in [0.2, 0.25) is 0 Å². The predicted molar refractivity (Wildman–Crippen MR) is 75.7 cm³/mol. The second kappa shape index (κ2) is 4.58. The van der Waals surface area contributed by atoms with Gasteiger partial charge in [-0.3, -0.25) is 0 Å². The first-order valence-corrected chi connectivity index (χ1v) is 6.66. The van der Waals surface area contributed by atoms with Gasteiger partial charge in [0.25, 0.3) is 0 Å². The van der Waals surface area contributed by atoms with Crippen LogP contribution in [0.2, 0.25) is 0 Å². The molecule has 1 heterocycles. The van der Waals surface area contributed by atoms with Gasteiger partial charge in [-0.25, -0.2) is 0 Å². The molecule has 1 aliphatic heterocycles. The molecule has 0 amide bonds. The van der Waals surface area contributed by atoms with Gasteiger partial charge in [-0.2, -0.15) is 0 Å². The normalized spacial score (nSPS) is 19.3. The first kappa shape index (κ1) is 11.5. The second-order valence-corrected chi connectivity index (χ2v) is 5.23. The summed E-state index contributed by atoms with van der Waals surface area (Å²) < 4.78 is 0. The third-order valence-electron chi connectivity index (χ3n) is 4.27. The Hall–Kier alpha value is -1.60. The molecule has 0 saturated carbocycles. The Morgan fingerprint density at radius 3 is 1.67 bits per heavy atom. The lowest BCUT2D eigenvalue weighted by molar-refractivity contribution is 0.266. The smallest absolute Gasteiger partial charge is 0.0328 e. The van der Waals surface area contributed by atoms with Crippen molar-refractivity contribution in [1.29, 1.82) is 0 Å². The van der Waals surface area contributed by atoms with Crippen LogP contribution in [0.4, 0.5) is 0 Å². The standard InChI is InChI=1S/C17H19N/c1-17(16-12-13-18-16,14-8-4-2-5-9-14)15-10-6-3-7-11-15/h2-11,16,18H,12-13H2,1H3/t16-/m1/s1. The Kier molecular flexibility index (Phi) is 2.92. The summed E-state index contributed by atoms with van der Waals surface area (Å²) in [7, 11) is 0. The lowest BCUT2D eigenvalue weighted by Crippen LogP contribution is -2.56. The molecule has 1 heteroatoms. The van der Waals surface area contributed by atoms with Crippen molar-refractivity contribution < 1.29 is 0 Å². The van der Waals surface area contributed by atoms with Crippen LogP contribution in [-0.4, -0.2) is 12.6 Å². The topological polar surface area (TPSA) is 12.0 Å². The molecule has 0 unspecified atom stereocenters. The third-order valence-corrected chi connectivity index (χ3v) is 4.27. The Bertz CT molecular complexity index is 460. The van der Waals surface area contributed by atoms with Crippen LogP contribution in [0, 0.1) is 0 Å². The maximum atomic E-state index is 3.58. The molecule has 1 atom stereocenters. The van der Waals surface area contributed by atoms with Crippen LogP contribution in [0.3, 0.4) is 0 Å². The van der Waals surface area contributed by atoms with E-state index in [-0.39, 0.29) is 5.41 Å². The van der Waals surface area contributed by atoms with Crippen molar-refractivity contribution in [2.24, 2.45) is 0 Å². The van der Waals surface area contributed by atoms with E-state index in [1.165, 1.54) is 17.5 Å². The summed E-state index contributed by atoms with van der Waals surface area (Å²) in [6, 6.07) is 22.2. The van der Waals surface area contributed by atoms with E-state index >= 15 is 0 Å². The summed E-state index contributed by atoms with van der Waals surface area (Å²) in [5, 5.41) is 3.58.